The van der Waals surface area contributed by atoms with Crippen LogP contribution < -0.4 is 15.4 Å². The molecule has 0 fully saturated rings. The number of hydrogen-bond acceptors (Lipinski definition) is 4. The fourth-order valence-electron chi connectivity index (χ4n) is 5.25. The lowest BCUT2D eigenvalue weighted by Crippen LogP contribution is -2.37. The van der Waals surface area contributed by atoms with Crippen LogP contribution in [0.25, 0.3) is 10.9 Å². The van der Waals surface area contributed by atoms with Crippen LogP contribution in [0.15, 0.2) is 79.0 Å². The van der Waals surface area contributed by atoms with Gasteiger partial charge in [-0.25, -0.2) is 0 Å². The minimum atomic E-state index is -0.00845. The number of nitrogens with one attached hydrogen (secondary N) is 3. The van der Waals surface area contributed by atoms with Gasteiger partial charge in [-0.1, -0.05) is 60.7 Å². The van der Waals surface area contributed by atoms with Crippen molar-refractivity contribution in [1.82, 2.24) is 20.5 Å². The summed E-state index contributed by atoms with van der Waals surface area (Å²) in [4.78, 5) is 31.0. The molecule has 0 aliphatic carbocycles. The van der Waals surface area contributed by atoms with E-state index in [4.69, 9.17) is 4.74 Å². The molecule has 3 aromatic carbocycles. The van der Waals surface area contributed by atoms with E-state index in [1.165, 1.54) is 10.9 Å². The zero-order chi connectivity index (χ0) is 27.6. The first-order valence-corrected chi connectivity index (χ1v) is 14.2. The number of aromatic nitrogens is 1. The lowest BCUT2D eigenvalue weighted by atomic mass is 10.1. The molecule has 4 aromatic rings. The Morgan fingerprint density at radius 3 is 2.67 bits per heavy atom. The molecule has 0 radical (unpaired) electrons. The Bertz CT molecular complexity index is 1420. The Kier molecular flexibility index (Phi) is 9.48. The molecule has 2 amide bonds. The molecule has 0 unspecified atom stereocenters. The summed E-state index contributed by atoms with van der Waals surface area (Å²) < 4.78 is 6.19. The summed E-state index contributed by atoms with van der Waals surface area (Å²) in [6.45, 7) is 3.39. The number of benzene rings is 3. The fraction of sp³-hybridized carbons (Fsp3) is 0.333. The molecule has 0 atom stereocenters. The highest BCUT2D eigenvalue weighted by Crippen LogP contribution is 2.24. The molecule has 40 heavy (non-hydrogen) atoms. The van der Waals surface area contributed by atoms with Crippen molar-refractivity contribution in [2.24, 2.45) is 0 Å². The average Bonchev–Trinajstić information content (AvgIpc) is 3.37. The Balaban J connectivity index is 1.26. The van der Waals surface area contributed by atoms with Gasteiger partial charge >= 0.3 is 0 Å². The van der Waals surface area contributed by atoms with Gasteiger partial charge in [-0.3, -0.25) is 14.5 Å². The zero-order valence-electron chi connectivity index (χ0n) is 23.0. The van der Waals surface area contributed by atoms with Crippen LogP contribution in [-0.4, -0.2) is 47.9 Å². The molecule has 5 rings (SSSR count). The lowest BCUT2D eigenvalue weighted by Gasteiger charge is -2.23. The highest BCUT2D eigenvalue weighted by atomic mass is 16.5. The van der Waals surface area contributed by atoms with Crippen molar-refractivity contribution in [2.75, 3.05) is 26.2 Å². The van der Waals surface area contributed by atoms with Crippen LogP contribution in [-0.2, 0) is 35.5 Å². The Hall–Kier alpha value is -4.10. The van der Waals surface area contributed by atoms with Gasteiger partial charge in [-0.2, -0.15) is 0 Å². The van der Waals surface area contributed by atoms with Crippen molar-refractivity contribution in [3.8, 4) is 5.75 Å². The van der Waals surface area contributed by atoms with Gasteiger partial charge in [-0.15, -0.1) is 0 Å². The number of carbonyl (C=O) groups excluding carboxylic acids is 2. The third-order valence-electron chi connectivity index (χ3n) is 7.29. The monoisotopic (exact) mass is 538 g/mol. The first-order chi connectivity index (χ1) is 19.6. The first kappa shape index (κ1) is 27.5. The molecule has 1 aliphatic heterocycles. The maximum Gasteiger partial charge on any atom is 0.234 e. The summed E-state index contributed by atoms with van der Waals surface area (Å²) >= 11 is 0. The summed E-state index contributed by atoms with van der Waals surface area (Å²) in [5.41, 5.74) is 5.38. The van der Waals surface area contributed by atoms with Gasteiger partial charge in [0.25, 0.3) is 0 Å². The van der Waals surface area contributed by atoms with Crippen molar-refractivity contribution in [1.29, 1.82) is 0 Å². The van der Waals surface area contributed by atoms with E-state index in [0.29, 0.717) is 45.8 Å². The minimum Gasteiger partial charge on any atom is -0.493 e. The Morgan fingerprint density at radius 1 is 0.925 bits per heavy atom. The van der Waals surface area contributed by atoms with Gasteiger partial charge < -0.3 is 20.4 Å². The second kappa shape index (κ2) is 13.8. The van der Waals surface area contributed by atoms with E-state index in [1.54, 1.807) is 0 Å². The van der Waals surface area contributed by atoms with E-state index >= 15 is 0 Å². The molecule has 1 aliphatic rings. The number of para-hydroxylation sites is 1. The third kappa shape index (κ3) is 7.73. The van der Waals surface area contributed by atoms with Gasteiger partial charge in [0.15, 0.2) is 0 Å². The fourth-order valence-corrected chi connectivity index (χ4v) is 5.25. The molecule has 7 heteroatoms. The lowest BCUT2D eigenvalue weighted by molar-refractivity contribution is -0.122. The molecular weight excluding hydrogens is 500 g/mol. The summed E-state index contributed by atoms with van der Waals surface area (Å²) in [5.74, 6) is 0.843. The van der Waals surface area contributed by atoms with E-state index in [9.17, 15) is 9.59 Å². The highest BCUT2D eigenvalue weighted by Gasteiger charge is 2.17. The van der Waals surface area contributed by atoms with Crippen LogP contribution >= 0.6 is 0 Å². The number of amides is 2. The molecule has 0 spiro atoms. The smallest absolute Gasteiger partial charge is 0.234 e. The highest BCUT2D eigenvalue weighted by molar-refractivity contribution is 5.83. The molecule has 3 N–H and O–H groups in total. The van der Waals surface area contributed by atoms with E-state index in [-0.39, 0.29) is 11.8 Å². The summed E-state index contributed by atoms with van der Waals surface area (Å²) in [5, 5.41) is 7.33. The van der Waals surface area contributed by atoms with E-state index < -0.39 is 0 Å². The van der Waals surface area contributed by atoms with Crippen LogP contribution in [0.4, 0.5) is 0 Å². The van der Waals surface area contributed by atoms with Crippen molar-refractivity contribution in [2.45, 2.75) is 45.2 Å². The summed E-state index contributed by atoms with van der Waals surface area (Å²) in [6, 6.07) is 24.4. The quantitative estimate of drug-likeness (QED) is 0.317. The van der Waals surface area contributed by atoms with Crippen molar-refractivity contribution in [3.63, 3.8) is 0 Å². The number of ether oxygens (including phenoxy) is 1. The predicted molar refractivity (Wildman–Crippen MR) is 158 cm³/mol. The standard InChI is InChI=1S/C33H38N4O3/c38-32(35-17-15-27-21-36-30-12-6-5-11-29(27)30)20-26-13-14-31-28(19-26)23-37(22-25-9-3-1-4-10-25)24-33(39)34-16-7-2-8-18-40-31/h1,3-6,9-14,19,21,36H,2,7-8,15-18,20,22-24H2,(H,34,39)(H,35,38). The molecule has 208 valence electrons. The molecule has 0 saturated heterocycles. The van der Waals surface area contributed by atoms with Gasteiger partial charge in [0.05, 0.1) is 19.6 Å². The normalized spacial score (nSPS) is 15.2. The summed E-state index contributed by atoms with van der Waals surface area (Å²) in [7, 11) is 0. The average molecular weight is 539 g/mol. The van der Waals surface area contributed by atoms with Crippen LogP contribution in [0.1, 0.15) is 41.5 Å². The predicted octanol–water partition coefficient (Wildman–Crippen LogP) is 4.75. The van der Waals surface area contributed by atoms with Crippen LogP contribution in [0.2, 0.25) is 0 Å². The topological polar surface area (TPSA) is 86.5 Å². The van der Waals surface area contributed by atoms with Gasteiger partial charge in [0.2, 0.25) is 11.8 Å². The number of carbonyl (C=O) groups is 2. The largest absolute Gasteiger partial charge is 0.493 e. The maximum absolute atomic E-state index is 12.9. The Labute approximate surface area is 235 Å². The second-order valence-corrected chi connectivity index (χ2v) is 10.5. The van der Waals surface area contributed by atoms with Gasteiger partial charge in [-0.05, 0) is 54.5 Å². The molecule has 2 heterocycles. The van der Waals surface area contributed by atoms with Crippen LogP contribution in [0.5, 0.6) is 5.75 Å². The molecule has 7 nitrogen and oxygen atoms in total. The number of rotatable bonds is 7. The first-order valence-electron chi connectivity index (χ1n) is 14.2. The van der Waals surface area contributed by atoms with Crippen molar-refractivity contribution >= 4 is 22.7 Å². The maximum atomic E-state index is 12.9. The number of aromatic amines is 1. The van der Waals surface area contributed by atoms with E-state index in [2.05, 4.69) is 50.8 Å². The molecule has 0 saturated carbocycles. The van der Waals surface area contributed by atoms with E-state index in [0.717, 1.165) is 53.6 Å². The summed E-state index contributed by atoms with van der Waals surface area (Å²) in [6.07, 6.45) is 5.95. The SMILES string of the molecule is O=C(Cc1ccc2c(c1)CN(Cc1ccccc1)CC(=O)NCCCCCO2)NCCc1c[nH]c2ccccc12. The Morgan fingerprint density at radius 2 is 1.77 bits per heavy atom. The van der Waals surface area contributed by atoms with Crippen molar-refractivity contribution < 1.29 is 14.3 Å². The van der Waals surface area contributed by atoms with Gasteiger partial charge in [0.1, 0.15) is 5.75 Å². The molecular formula is C33H38N4O3. The number of nitrogens with zero attached hydrogens (tertiary/aromatic N) is 1. The van der Waals surface area contributed by atoms with Crippen LogP contribution in [0, 0.1) is 0 Å². The van der Waals surface area contributed by atoms with E-state index in [1.807, 2.05) is 48.7 Å². The third-order valence-corrected chi connectivity index (χ3v) is 7.29. The molecule has 0 bridgehead atoms. The van der Waals surface area contributed by atoms with Gasteiger partial charge in [0, 0.05) is 48.8 Å². The number of hydrogen-bond donors (Lipinski definition) is 3. The van der Waals surface area contributed by atoms with Crippen molar-refractivity contribution in [3.05, 3.63) is 101 Å². The minimum absolute atomic E-state index is 0.00845. The number of H-pyrrole nitrogens is 1. The molecule has 1 aromatic heterocycles. The number of fused-ring (bicyclic) bond motifs is 2. The zero-order valence-corrected chi connectivity index (χ0v) is 23.0. The second-order valence-electron chi connectivity index (χ2n) is 10.5. The van der Waals surface area contributed by atoms with Crippen LogP contribution in [0.3, 0.4) is 0 Å².